The Labute approximate surface area is 187 Å². The molecular formula is C20H23Br2N3O2S. The number of nitrogens with one attached hydrogen (secondary N) is 1. The number of benzene rings is 2. The first kappa shape index (κ1) is 21.5. The minimum Gasteiger partial charge on any atom is -0.506 e. The van der Waals surface area contributed by atoms with Gasteiger partial charge >= 0.3 is 0 Å². The molecule has 0 unspecified atom stereocenters. The largest absolute Gasteiger partial charge is 0.506 e. The Hall–Kier alpha value is -1.19. The highest BCUT2D eigenvalue weighted by Crippen LogP contribution is 2.32. The van der Waals surface area contributed by atoms with Crippen molar-refractivity contribution in [3.63, 3.8) is 0 Å². The lowest BCUT2D eigenvalue weighted by atomic mass is 10.2. The van der Waals surface area contributed by atoms with Gasteiger partial charge in [-0.1, -0.05) is 34.1 Å². The quantitative estimate of drug-likeness (QED) is 0.540. The van der Waals surface area contributed by atoms with E-state index in [0.29, 0.717) is 16.1 Å². The molecule has 5 nitrogen and oxygen atoms in total. The second-order valence-corrected chi connectivity index (χ2v) is 8.72. The van der Waals surface area contributed by atoms with Gasteiger partial charge in [0, 0.05) is 48.4 Å². The van der Waals surface area contributed by atoms with E-state index in [-0.39, 0.29) is 5.75 Å². The maximum Gasteiger partial charge on any atom is 0.173 e. The van der Waals surface area contributed by atoms with Crippen LogP contribution in [0.2, 0.25) is 0 Å². The van der Waals surface area contributed by atoms with Crippen molar-refractivity contribution in [3.05, 3.63) is 57.0 Å². The molecule has 0 radical (unpaired) electrons. The molecule has 0 bridgehead atoms. The third-order valence-electron chi connectivity index (χ3n) is 4.57. The smallest absolute Gasteiger partial charge is 0.173 e. The molecule has 28 heavy (non-hydrogen) atoms. The zero-order chi connectivity index (χ0) is 19.9. The maximum absolute atomic E-state index is 10.5. The summed E-state index contributed by atoms with van der Waals surface area (Å²) in [7, 11) is 0. The number of morpholine rings is 1. The molecule has 0 atom stereocenters. The highest BCUT2D eigenvalue weighted by Gasteiger charge is 2.17. The van der Waals surface area contributed by atoms with Crippen LogP contribution in [0.4, 0.5) is 5.69 Å². The van der Waals surface area contributed by atoms with Gasteiger partial charge in [0.2, 0.25) is 0 Å². The van der Waals surface area contributed by atoms with E-state index < -0.39 is 0 Å². The molecule has 1 aliphatic rings. The van der Waals surface area contributed by atoms with Crippen molar-refractivity contribution < 1.29 is 9.84 Å². The first-order valence-corrected chi connectivity index (χ1v) is 11.1. The monoisotopic (exact) mass is 527 g/mol. The zero-order valence-electron chi connectivity index (χ0n) is 15.4. The molecule has 150 valence electrons. The summed E-state index contributed by atoms with van der Waals surface area (Å²) in [5, 5.41) is 14.4. The van der Waals surface area contributed by atoms with Crippen LogP contribution in [-0.4, -0.2) is 59.4 Å². The molecule has 0 aromatic heterocycles. The SMILES string of the molecule is Oc1c(Br)cc(Br)cc1CN(CCN1CCOCC1)C(=S)Nc1ccccc1. The third kappa shape index (κ3) is 6.15. The van der Waals surface area contributed by atoms with Crippen molar-refractivity contribution in [2.24, 2.45) is 0 Å². The number of hydrogen-bond acceptors (Lipinski definition) is 4. The summed E-state index contributed by atoms with van der Waals surface area (Å²) in [6, 6.07) is 13.6. The van der Waals surface area contributed by atoms with E-state index in [1.165, 1.54) is 0 Å². The minimum atomic E-state index is 0.238. The van der Waals surface area contributed by atoms with Gasteiger partial charge in [-0.25, -0.2) is 0 Å². The van der Waals surface area contributed by atoms with Gasteiger partial charge in [-0.05, 0) is 52.4 Å². The predicted molar refractivity (Wildman–Crippen MR) is 124 cm³/mol. The van der Waals surface area contributed by atoms with Crippen molar-refractivity contribution in [3.8, 4) is 5.75 Å². The van der Waals surface area contributed by atoms with E-state index in [1.54, 1.807) is 0 Å². The fourth-order valence-electron chi connectivity index (χ4n) is 3.01. The summed E-state index contributed by atoms with van der Waals surface area (Å²) in [5.41, 5.74) is 1.75. The number of nitrogens with zero attached hydrogens (tertiary/aromatic N) is 2. The van der Waals surface area contributed by atoms with Crippen molar-refractivity contribution >= 4 is 54.9 Å². The number of phenolic OH excluding ortho intramolecular Hbond substituents is 1. The van der Waals surface area contributed by atoms with Crippen molar-refractivity contribution in [2.45, 2.75) is 6.54 Å². The lowest BCUT2D eigenvalue weighted by molar-refractivity contribution is 0.0358. The average molecular weight is 529 g/mol. The van der Waals surface area contributed by atoms with Crippen LogP contribution < -0.4 is 5.32 Å². The van der Waals surface area contributed by atoms with E-state index in [1.807, 2.05) is 42.5 Å². The Morgan fingerprint density at radius 2 is 1.89 bits per heavy atom. The second-order valence-electron chi connectivity index (χ2n) is 6.57. The Bertz CT molecular complexity index is 802. The van der Waals surface area contributed by atoms with Crippen LogP contribution in [0.15, 0.2) is 51.4 Å². The summed E-state index contributed by atoms with van der Waals surface area (Å²) >= 11 is 12.6. The normalized spacial score (nSPS) is 14.6. The molecule has 2 aromatic rings. The minimum absolute atomic E-state index is 0.238. The number of aromatic hydroxyl groups is 1. The van der Waals surface area contributed by atoms with Gasteiger partial charge in [-0.2, -0.15) is 0 Å². The van der Waals surface area contributed by atoms with Gasteiger partial charge in [0.25, 0.3) is 0 Å². The number of anilines is 1. The van der Waals surface area contributed by atoms with E-state index in [2.05, 4.69) is 47.0 Å². The third-order valence-corrected chi connectivity index (χ3v) is 5.99. The molecular weight excluding hydrogens is 506 g/mol. The predicted octanol–water partition coefficient (Wildman–Crippen LogP) is 4.45. The fourth-order valence-corrected chi connectivity index (χ4v) is 4.60. The Kier molecular flexibility index (Phi) is 8.11. The molecule has 0 saturated carbocycles. The summed E-state index contributed by atoms with van der Waals surface area (Å²) in [6.07, 6.45) is 0. The van der Waals surface area contributed by atoms with Gasteiger partial charge < -0.3 is 20.1 Å². The van der Waals surface area contributed by atoms with Gasteiger partial charge in [-0.3, -0.25) is 4.90 Å². The lowest BCUT2D eigenvalue weighted by Gasteiger charge is -2.31. The molecule has 8 heteroatoms. The highest BCUT2D eigenvalue weighted by molar-refractivity contribution is 9.11. The number of halogens is 2. The van der Waals surface area contributed by atoms with Gasteiger partial charge in [0.1, 0.15) is 5.75 Å². The number of para-hydroxylation sites is 1. The maximum atomic E-state index is 10.5. The van der Waals surface area contributed by atoms with E-state index in [9.17, 15) is 5.11 Å². The van der Waals surface area contributed by atoms with Gasteiger partial charge in [0.15, 0.2) is 5.11 Å². The number of thiocarbonyl (C=S) groups is 1. The molecule has 1 saturated heterocycles. The van der Waals surface area contributed by atoms with Crippen molar-refractivity contribution in [2.75, 3.05) is 44.7 Å². The topological polar surface area (TPSA) is 48.0 Å². The Balaban J connectivity index is 1.74. The van der Waals surface area contributed by atoms with Crippen molar-refractivity contribution in [1.29, 1.82) is 0 Å². The lowest BCUT2D eigenvalue weighted by Crippen LogP contribution is -2.44. The summed E-state index contributed by atoms with van der Waals surface area (Å²) < 4.78 is 7.00. The van der Waals surface area contributed by atoms with Gasteiger partial charge in [-0.15, -0.1) is 0 Å². The first-order chi connectivity index (χ1) is 13.5. The highest BCUT2D eigenvalue weighted by atomic mass is 79.9. The number of ether oxygens (including phenoxy) is 1. The standard InChI is InChI=1S/C20H23Br2N3O2S/c21-16-12-15(19(26)18(22)13-16)14-25(7-6-24-8-10-27-11-9-24)20(28)23-17-4-2-1-3-5-17/h1-5,12-13,26H,6-11,14H2,(H,23,28). The molecule has 2 aromatic carbocycles. The van der Waals surface area contributed by atoms with Crippen LogP contribution in [-0.2, 0) is 11.3 Å². The van der Waals surface area contributed by atoms with Crippen LogP contribution in [0.25, 0.3) is 0 Å². The van der Waals surface area contributed by atoms with Gasteiger partial charge in [0.05, 0.1) is 17.7 Å². The molecule has 2 N–H and O–H groups in total. The Morgan fingerprint density at radius 3 is 2.61 bits per heavy atom. The summed E-state index contributed by atoms with van der Waals surface area (Å²) in [4.78, 5) is 4.46. The van der Waals surface area contributed by atoms with Crippen LogP contribution >= 0.6 is 44.1 Å². The number of phenols is 1. The average Bonchev–Trinajstić information content (AvgIpc) is 2.70. The molecule has 1 heterocycles. The van der Waals surface area contributed by atoms with Crippen LogP contribution in [0.5, 0.6) is 5.75 Å². The molecule has 0 amide bonds. The van der Waals surface area contributed by atoms with Crippen LogP contribution in [0.3, 0.4) is 0 Å². The summed E-state index contributed by atoms with van der Waals surface area (Å²) in [6.45, 7) is 5.55. The molecule has 1 aliphatic heterocycles. The second kappa shape index (κ2) is 10.5. The number of rotatable bonds is 6. The molecule has 1 fully saturated rings. The molecule has 0 aliphatic carbocycles. The van der Waals surface area contributed by atoms with E-state index in [4.69, 9.17) is 17.0 Å². The van der Waals surface area contributed by atoms with Crippen molar-refractivity contribution in [1.82, 2.24) is 9.80 Å². The molecule has 0 spiro atoms. The van der Waals surface area contributed by atoms with E-state index in [0.717, 1.165) is 55.1 Å². The fraction of sp³-hybridized carbons (Fsp3) is 0.350. The van der Waals surface area contributed by atoms with Crippen LogP contribution in [0, 0.1) is 0 Å². The van der Waals surface area contributed by atoms with E-state index >= 15 is 0 Å². The Morgan fingerprint density at radius 1 is 1.18 bits per heavy atom. The summed E-state index contributed by atoms with van der Waals surface area (Å²) in [5.74, 6) is 0.238. The first-order valence-electron chi connectivity index (χ1n) is 9.11. The molecule has 3 rings (SSSR count). The zero-order valence-corrected chi connectivity index (χ0v) is 19.4. The van der Waals surface area contributed by atoms with Crippen LogP contribution in [0.1, 0.15) is 5.56 Å². The number of hydrogen-bond donors (Lipinski definition) is 2.